The number of ether oxygens (including phenoxy) is 2. The summed E-state index contributed by atoms with van der Waals surface area (Å²) in [5.74, 6) is -0.992. The van der Waals surface area contributed by atoms with Crippen molar-refractivity contribution in [2.24, 2.45) is 0 Å². The molecule has 1 aromatic rings. The summed E-state index contributed by atoms with van der Waals surface area (Å²) in [6.07, 6.45) is -0.317. The van der Waals surface area contributed by atoms with Gasteiger partial charge in [-0.25, -0.2) is 13.2 Å². The number of carbonyl (C=O) groups is 1. The van der Waals surface area contributed by atoms with Gasteiger partial charge in [-0.05, 0) is 15.9 Å². The predicted molar refractivity (Wildman–Crippen MR) is 59.5 cm³/mol. The maximum absolute atomic E-state index is 11.5. The zero-order valence-corrected chi connectivity index (χ0v) is 11.3. The molecule has 1 saturated heterocycles. The van der Waals surface area contributed by atoms with E-state index in [1.807, 2.05) is 0 Å². The second kappa shape index (κ2) is 4.60. The van der Waals surface area contributed by atoms with Gasteiger partial charge in [0.05, 0.1) is 13.2 Å². The van der Waals surface area contributed by atoms with E-state index in [0.29, 0.717) is 13.2 Å². The molecule has 1 aliphatic heterocycles. The normalized spacial score (nSPS) is 16.6. The first-order chi connectivity index (χ1) is 7.88. The van der Waals surface area contributed by atoms with Gasteiger partial charge < -0.3 is 13.9 Å². The van der Waals surface area contributed by atoms with Gasteiger partial charge in [-0.2, -0.15) is 0 Å². The standard InChI is InChI=1S/C8H6BrClO6S/c9-7-6(17(10,12)13)1-5(16-7)8(11)15-4-2-14-3-4/h1,4H,2-3H2. The molecule has 94 valence electrons. The largest absolute Gasteiger partial charge is 0.452 e. The fourth-order valence-corrected chi connectivity index (χ4v) is 3.14. The lowest BCUT2D eigenvalue weighted by Gasteiger charge is -2.24. The maximum atomic E-state index is 11.5. The van der Waals surface area contributed by atoms with Crippen LogP contribution in [0.25, 0.3) is 0 Å². The van der Waals surface area contributed by atoms with Gasteiger partial charge in [0.2, 0.25) is 5.76 Å². The third-order valence-electron chi connectivity index (χ3n) is 2.00. The second-order valence-corrected chi connectivity index (χ2v) is 6.51. The lowest BCUT2D eigenvalue weighted by atomic mass is 10.3. The average Bonchev–Trinajstić information content (AvgIpc) is 2.53. The van der Waals surface area contributed by atoms with E-state index in [-0.39, 0.29) is 21.4 Å². The van der Waals surface area contributed by atoms with E-state index in [2.05, 4.69) is 15.9 Å². The molecular weight excluding hydrogens is 340 g/mol. The number of carbonyl (C=O) groups excluding carboxylic acids is 1. The van der Waals surface area contributed by atoms with Gasteiger partial charge >= 0.3 is 5.97 Å². The Morgan fingerprint density at radius 1 is 1.53 bits per heavy atom. The Hall–Kier alpha value is -0.570. The fraction of sp³-hybridized carbons (Fsp3) is 0.375. The van der Waals surface area contributed by atoms with E-state index < -0.39 is 15.0 Å². The summed E-state index contributed by atoms with van der Waals surface area (Å²) in [7, 11) is 1.17. The third-order valence-corrected chi connectivity index (χ3v) is 4.18. The summed E-state index contributed by atoms with van der Waals surface area (Å²) < 4.78 is 36.7. The average molecular weight is 346 g/mol. The Morgan fingerprint density at radius 3 is 2.59 bits per heavy atom. The van der Waals surface area contributed by atoms with Crippen LogP contribution >= 0.6 is 26.6 Å². The highest BCUT2D eigenvalue weighted by Crippen LogP contribution is 2.29. The molecule has 0 unspecified atom stereocenters. The molecule has 9 heteroatoms. The Kier molecular flexibility index (Phi) is 3.48. The van der Waals surface area contributed by atoms with Crippen molar-refractivity contribution < 1.29 is 27.1 Å². The molecule has 0 aromatic carbocycles. The molecule has 1 fully saturated rings. The lowest BCUT2D eigenvalue weighted by molar-refractivity contribution is -0.104. The molecule has 1 aromatic heterocycles. The van der Waals surface area contributed by atoms with Crippen molar-refractivity contribution in [3.05, 3.63) is 16.5 Å². The van der Waals surface area contributed by atoms with Gasteiger partial charge in [-0.15, -0.1) is 0 Å². The van der Waals surface area contributed by atoms with Crippen LogP contribution in [-0.4, -0.2) is 33.7 Å². The Balaban J connectivity index is 2.19. The number of hydrogen-bond acceptors (Lipinski definition) is 6. The van der Waals surface area contributed by atoms with Gasteiger partial charge in [-0.3, -0.25) is 0 Å². The van der Waals surface area contributed by atoms with E-state index in [0.717, 1.165) is 6.07 Å². The maximum Gasteiger partial charge on any atom is 0.374 e. The van der Waals surface area contributed by atoms with Crippen molar-refractivity contribution in [1.82, 2.24) is 0 Å². The van der Waals surface area contributed by atoms with E-state index in [1.165, 1.54) is 0 Å². The lowest BCUT2D eigenvalue weighted by Crippen LogP contribution is -2.37. The van der Waals surface area contributed by atoms with Crippen LogP contribution in [0.2, 0.25) is 0 Å². The summed E-state index contributed by atoms with van der Waals surface area (Å²) >= 11 is 2.86. The molecule has 0 amide bonds. The van der Waals surface area contributed by atoms with Crippen LogP contribution in [0.5, 0.6) is 0 Å². The number of halogens is 2. The molecular formula is C8H6BrClO6S. The van der Waals surface area contributed by atoms with Crippen LogP contribution in [0.3, 0.4) is 0 Å². The first kappa shape index (κ1) is 12.9. The topological polar surface area (TPSA) is 82.8 Å². The molecule has 2 rings (SSSR count). The number of hydrogen-bond donors (Lipinski definition) is 0. The van der Waals surface area contributed by atoms with E-state index in [1.54, 1.807) is 0 Å². The summed E-state index contributed by atoms with van der Waals surface area (Å²) in [5, 5.41) is 0. The molecule has 0 spiro atoms. The first-order valence-electron chi connectivity index (χ1n) is 4.40. The first-order valence-corrected chi connectivity index (χ1v) is 7.51. The van der Waals surface area contributed by atoms with Crippen molar-refractivity contribution in [2.75, 3.05) is 13.2 Å². The van der Waals surface area contributed by atoms with Gasteiger partial charge in [0.25, 0.3) is 9.05 Å². The fourth-order valence-electron chi connectivity index (χ4n) is 1.11. The second-order valence-electron chi connectivity index (χ2n) is 3.25. The number of rotatable bonds is 3. The van der Waals surface area contributed by atoms with E-state index in [9.17, 15) is 13.2 Å². The summed E-state index contributed by atoms with van der Waals surface area (Å²) in [6, 6.07) is 1.01. The molecule has 2 heterocycles. The molecule has 0 N–H and O–H groups in total. The van der Waals surface area contributed by atoms with Crippen LogP contribution in [0.1, 0.15) is 10.6 Å². The Morgan fingerprint density at radius 2 is 2.18 bits per heavy atom. The third kappa shape index (κ3) is 2.82. The predicted octanol–water partition coefficient (Wildman–Crippen LogP) is 1.53. The Labute approximate surface area is 109 Å². The smallest absolute Gasteiger partial charge is 0.374 e. The zero-order chi connectivity index (χ0) is 12.6. The highest BCUT2D eigenvalue weighted by atomic mass is 79.9. The van der Waals surface area contributed by atoms with E-state index in [4.69, 9.17) is 24.6 Å². The van der Waals surface area contributed by atoms with Crippen molar-refractivity contribution in [3.8, 4) is 0 Å². The van der Waals surface area contributed by atoms with Crippen molar-refractivity contribution >= 4 is 41.6 Å². The van der Waals surface area contributed by atoms with Crippen molar-refractivity contribution in [3.63, 3.8) is 0 Å². The zero-order valence-electron chi connectivity index (χ0n) is 8.18. The molecule has 0 saturated carbocycles. The number of furan rings is 1. The van der Waals surface area contributed by atoms with Gasteiger partial charge in [0.15, 0.2) is 4.67 Å². The minimum atomic E-state index is -3.97. The quantitative estimate of drug-likeness (QED) is 0.610. The van der Waals surface area contributed by atoms with Gasteiger partial charge in [0.1, 0.15) is 11.0 Å². The molecule has 17 heavy (non-hydrogen) atoms. The van der Waals surface area contributed by atoms with Gasteiger partial charge in [-0.1, -0.05) is 0 Å². The summed E-state index contributed by atoms with van der Waals surface area (Å²) in [6.45, 7) is 0.655. The molecule has 6 nitrogen and oxygen atoms in total. The van der Waals surface area contributed by atoms with Crippen LogP contribution in [0.15, 0.2) is 20.0 Å². The monoisotopic (exact) mass is 344 g/mol. The van der Waals surface area contributed by atoms with Gasteiger partial charge in [0, 0.05) is 16.7 Å². The Bertz CT molecular complexity index is 546. The highest BCUT2D eigenvalue weighted by molar-refractivity contribution is 9.10. The van der Waals surface area contributed by atoms with Crippen LogP contribution < -0.4 is 0 Å². The summed E-state index contributed by atoms with van der Waals surface area (Å²) in [5.41, 5.74) is 0. The van der Waals surface area contributed by atoms with Crippen LogP contribution in [0, 0.1) is 0 Å². The molecule has 0 aliphatic carbocycles. The SMILES string of the molecule is O=C(OC1COC1)c1cc(S(=O)(=O)Cl)c(Br)o1. The summed E-state index contributed by atoms with van der Waals surface area (Å²) in [4.78, 5) is 11.2. The van der Waals surface area contributed by atoms with Crippen molar-refractivity contribution in [1.29, 1.82) is 0 Å². The minimum absolute atomic E-state index is 0.135. The van der Waals surface area contributed by atoms with E-state index >= 15 is 0 Å². The van der Waals surface area contributed by atoms with Crippen LogP contribution in [-0.2, 0) is 18.5 Å². The van der Waals surface area contributed by atoms with Crippen LogP contribution in [0.4, 0.5) is 0 Å². The highest BCUT2D eigenvalue weighted by Gasteiger charge is 2.28. The number of esters is 1. The molecule has 1 aliphatic rings. The molecule has 0 radical (unpaired) electrons. The molecule has 0 atom stereocenters. The van der Waals surface area contributed by atoms with Crippen molar-refractivity contribution in [2.45, 2.75) is 11.0 Å². The molecule has 0 bridgehead atoms. The minimum Gasteiger partial charge on any atom is -0.452 e.